The Hall–Kier alpha value is -6.58. The minimum Gasteiger partial charge on any atom is -0.332 e. The summed E-state index contributed by atoms with van der Waals surface area (Å²) in [7, 11) is 0. The Morgan fingerprint density at radius 2 is 0.865 bits per heavy atom. The van der Waals surface area contributed by atoms with Crippen LogP contribution in [-0.2, 0) is 0 Å². The van der Waals surface area contributed by atoms with Crippen LogP contribution in [0.5, 0.6) is 0 Å². The fraction of sp³-hybridized carbons (Fsp3) is 0.0612. The highest BCUT2D eigenvalue weighted by Gasteiger charge is 2.33. The zero-order valence-electron chi connectivity index (χ0n) is 28.8. The number of nitrogens with zero attached hydrogens (tertiary/aromatic N) is 3. The van der Waals surface area contributed by atoms with E-state index in [1.807, 2.05) is 0 Å². The van der Waals surface area contributed by atoms with E-state index in [9.17, 15) is 0 Å². The molecule has 0 aliphatic heterocycles. The maximum absolute atomic E-state index is 2.62. The van der Waals surface area contributed by atoms with Crippen LogP contribution >= 0.6 is 0 Å². The Labute approximate surface area is 301 Å². The maximum Gasteiger partial charge on any atom is 0.0679 e. The number of hydrogen-bond acceptors (Lipinski definition) is 0. The summed E-state index contributed by atoms with van der Waals surface area (Å²) >= 11 is 0. The standard InChI is InChI=1S/C49H35N3/c1-32-24-27-47-48(39-20-10-13-23-44(39)51(47)36-16-6-3-7-17-36)49(32)52-43-22-12-9-19-38(43)41-31-34(26-29-46(41)52)33-25-28-45-40(30-33)37-18-8-11-21-42(37)50(45)35-14-4-2-5-15-35/h2-32,49H,1H3. The number of aromatic nitrogens is 3. The SMILES string of the molecule is CC1C=Cc2c(c3ccccc3n2-c2ccccc2)C1n1c2ccccc2c2cc(-c3ccc4c(c3)c3ccccc3n4-c3ccccc3)ccc21. The second-order valence-corrected chi connectivity index (χ2v) is 14.2. The van der Waals surface area contributed by atoms with Gasteiger partial charge in [-0.25, -0.2) is 0 Å². The molecule has 1 aliphatic carbocycles. The first-order chi connectivity index (χ1) is 25.7. The summed E-state index contributed by atoms with van der Waals surface area (Å²) in [5.74, 6) is 0.297. The van der Waals surface area contributed by atoms with E-state index in [0.717, 1.165) is 0 Å². The molecule has 0 spiro atoms. The van der Waals surface area contributed by atoms with E-state index in [-0.39, 0.29) is 6.04 Å². The van der Waals surface area contributed by atoms with Crippen molar-refractivity contribution in [3.63, 3.8) is 0 Å². The second-order valence-electron chi connectivity index (χ2n) is 14.2. The molecule has 246 valence electrons. The lowest BCUT2D eigenvalue weighted by atomic mass is 9.87. The Morgan fingerprint density at radius 1 is 0.404 bits per heavy atom. The first-order valence-electron chi connectivity index (χ1n) is 18.2. The van der Waals surface area contributed by atoms with Crippen molar-refractivity contribution in [2.45, 2.75) is 13.0 Å². The van der Waals surface area contributed by atoms with Crippen molar-refractivity contribution in [3.8, 4) is 22.5 Å². The maximum atomic E-state index is 2.62. The molecule has 7 aromatic carbocycles. The third kappa shape index (κ3) is 4.14. The molecule has 0 N–H and O–H groups in total. The van der Waals surface area contributed by atoms with E-state index < -0.39 is 0 Å². The van der Waals surface area contributed by atoms with Crippen molar-refractivity contribution in [1.82, 2.24) is 13.7 Å². The zero-order chi connectivity index (χ0) is 34.3. The molecule has 52 heavy (non-hydrogen) atoms. The third-order valence-electron chi connectivity index (χ3n) is 11.3. The van der Waals surface area contributed by atoms with E-state index >= 15 is 0 Å². The number of benzene rings is 7. The Balaban J connectivity index is 1.12. The molecule has 0 bridgehead atoms. The molecule has 1 aliphatic rings. The van der Waals surface area contributed by atoms with Crippen LogP contribution in [0.15, 0.2) is 176 Å². The normalized spacial score (nSPS) is 15.7. The molecule has 3 aromatic heterocycles. The van der Waals surface area contributed by atoms with Crippen LogP contribution in [0.4, 0.5) is 0 Å². The predicted molar refractivity (Wildman–Crippen MR) is 219 cm³/mol. The van der Waals surface area contributed by atoms with E-state index in [1.54, 1.807) is 0 Å². The van der Waals surface area contributed by atoms with Crippen LogP contribution in [0, 0.1) is 5.92 Å². The Kier molecular flexibility index (Phi) is 6.29. The molecule has 0 radical (unpaired) electrons. The highest BCUT2D eigenvalue weighted by atomic mass is 15.1. The first-order valence-corrected chi connectivity index (χ1v) is 18.2. The molecule has 0 saturated heterocycles. The van der Waals surface area contributed by atoms with Crippen molar-refractivity contribution in [2.75, 3.05) is 0 Å². The van der Waals surface area contributed by atoms with E-state index in [1.165, 1.54) is 88.3 Å². The van der Waals surface area contributed by atoms with Crippen LogP contribution in [0.25, 0.3) is 83.1 Å². The summed E-state index contributed by atoms with van der Waals surface area (Å²) in [4.78, 5) is 0. The van der Waals surface area contributed by atoms with Crippen LogP contribution in [-0.4, -0.2) is 13.7 Å². The van der Waals surface area contributed by atoms with Gasteiger partial charge in [0, 0.05) is 54.9 Å². The van der Waals surface area contributed by atoms with Gasteiger partial charge >= 0.3 is 0 Å². The molecule has 3 nitrogen and oxygen atoms in total. The molecule has 0 amide bonds. The van der Waals surface area contributed by atoms with E-state index in [0.29, 0.717) is 5.92 Å². The number of hydrogen-bond donors (Lipinski definition) is 0. The summed E-state index contributed by atoms with van der Waals surface area (Å²) in [6.45, 7) is 2.37. The van der Waals surface area contributed by atoms with Gasteiger partial charge in [0.2, 0.25) is 0 Å². The molecule has 3 heteroatoms. The van der Waals surface area contributed by atoms with Crippen molar-refractivity contribution < 1.29 is 0 Å². The van der Waals surface area contributed by atoms with Gasteiger partial charge in [-0.05, 0) is 89.9 Å². The van der Waals surface area contributed by atoms with Gasteiger partial charge in [0.1, 0.15) is 0 Å². The van der Waals surface area contributed by atoms with Crippen LogP contribution < -0.4 is 0 Å². The Morgan fingerprint density at radius 3 is 1.54 bits per heavy atom. The lowest BCUT2D eigenvalue weighted by Crippen LogP contribution is -2.20. The summed E-state index contributed by atoms with van der Waals surface area (Å²) in [5, 5.41) is 6.43. The molecular formula is C49H35N3. The summed E-state index contributed by atoms with van der Waals surface area (Å²) in [5.41, 5.74) is 13.7. The fourth-order valence-electron chi connectivity index (χ4n) is 9.08. The van der Waals surface area contributed by atoms with Gasteiger partial charge in [0.25, 0.3) is 0 Å². The molecular weight excluding hydrogens is 631 g/mol. The monoisotopic (exact) mass is 665 g/mol. The van der Waals surface area contributed by atoms with Gasteiger partial charge in [-0.1, -0.05) is 116 Å². The molecule has 2 atom stereocenters. The minimum atomic E-state index is 0.128. The molecule has 0 saturated carbocycles. The molecule has 11 rings (SSSR count). The van der Waals surface area contributed by atoms with Gasteiger partial charge in [-0.15, -0.1) is 0 Å². The highest BCUT2D eigenvalue weighted by molar-refractivity contribution is 6.12. The largest absolute Gasteiger partial charge is 0.332 e. The minimum absolute atomic E-state index is 0.128. The number of fused-ring (bicyclic) bond motifs is 9. The van der Waals surface area contributed by atoms with Crippen molar-refractivity contribution >= 4 is 60.6 Å². The van der Waals surface area contributed by atoms with Gasteiger partial charge < -0.3 is 13.7 Å². The average molecular weight is 666 g/mol. The van der Waals surface area contributed by atoms with Crippen molar-refractivity contribution in [2.24, 2.45) is 5.92 Å². The van der Waals surface area contributed by atoms with Gasteiger partial charge in [-0.3, -0.25) is 0 Å². The summed E-state index contributed by atoms with van der Waals surface area (Å²) in [6.07, 6.45) is 4.75. The lowest BCUT2D eigenvalue weighted by molar-refractivity contribution is 0.497. The lowest BCUT2D eigenvalue weighted by Gasteiger charge is -2.30. The van der Waals surface area contributed by atoms with E-state index in [4.69, 9.17) is 0 Å². The zero-order valence-corrected chi connectivity index (χ0v) is 28.8. The van der Waals surface area contributed by atoms with Gasteiger partial charge in [0.15, 0.2) is 0 Å². The first kappa shape index (κ1) is 29.2. The molecule has 10 aromatic rings. The van der Waals surface area contributed by atoms with Gasteiger partial charge in [-0.2, -0.15) is 0 Å². The fourth-order valence-corrected chi connectivity index (χ4v) is 9.08. The number of para-hydroxylation sites is 5. The Bertz CT molecular complexity index is 3030. The molecule has 3 heterocycles. The third-order valence-corrected chi connectivity index (χ3v) is 11.3. The molecule has 0 fully saturated rings. The summed E-state index contributed by atoms with van der Waals surface area (Å²) in [6, 6.07) is 62.3. The van der Waals surface area contributed by atoms with Crippen LogP contribution in [0.1, 0.15) is 24.2 Å². The number of allylic oxidation sites excluding steroid dienone is 1. The van der Waals surface area contributed by atoms with E-state index in [2.05, 4.69) is 203 Å². The number of rotatable bonds is 4. The average Bonchev–Trinajstić information content (AvgIpc) is 3.84. The highest BCUT2D eigenvalue weighted by Crippen LogP contribution is 2.47. The molecule has 2 unspecified atom stereocenters. The van der Waals surface area contributed by atoms with Gasteiger partial charge in [0.05, 0.1) is 28.3 Å². The smallest absolute Gasteiger partial charge is 0.0679 e. The van der Waals surface area contributed by atoms with Crippen LogP contribution in [0.3, 0.4) is 0 Å². The predicted octanol–water partition coefficient (Wildman–Crippen LogP) is 12.8. The quantitative estimate of drug-likeness (QED) is 0.178. The van der Waals surface area contributed by atoms with Crippen molar-refractivity contribution in [3.05, 3.63) is 187 Å². The van der Waals surface area contributed by atoms with Crippen LogP contribution in [0.2, 0.25) is 0 Å². The topological polar surface area (TPSA) is 14.8 Å². The summed E-state index contributed by atoms with van der Waals surface area (Å²) < 4.78 is 7.45. The van der Waals surface area contributed by atoms with Crippen molar-refractivity contribution in [1.29, 1.82) is 0 Å². The second kappa shape index (κ2) is 11.2.